The zero-order valence-corrected chi connectivity index (χ0v) is 16.8. The number of hydrogen-bond acceptors (Lipinski definition) is 4. The van der Waals surface area contributed by atoms with Crippen LogP contribution < -0.4 is 0 Å². The van der Waals surface area contributed by atoms with E-state index in [-0.39, 0.29) is 5.91 Å². The topological polar surface area (TPSA) is 52.2 Å². The molecule has 0 radical (unpaired) electrons. The minimum absolute atomic E-state index is 0.254. The van der Waals surface area contributed by atoms with Crippen LogP contribution in [-0.4, -0.2) is 51.9 Å². The Morgan fingerprint density at radius 3 is 2.78 bits per heavy atom. The second-order valence-electron chi connectivity index (χ2n) is 7.34. The van der Waals surface area contributed by atoms with Crippen LogP contribution in [0.3, 0.4) is 0 Å². The monoisotopic (exact) mass is 382 g/mol. The number of piperazine rings is 1. The van der Waals surface area contributed by atoms with Gasteiger partial charge in [0.1, 0.15) is 0 Å². The van der Waals surface area contributed by atoms with Crippen molar-refractivity contribution >= 4 is 28.1 Å². The summed E-state index contributed by atoms with van der Waals surface area (Å²) in [6.45, 7) is 8.76. The van der Waals surface area contributed by atoms with Crippen molar-refractivity contribution in [2.24, 2.45) is 0 Å². The molecule has 2 aromatic heterocycles. The van der Waals surface area contributed by atoms with Gasteiger partial charge in [-0.15, -0.1) is 11.3 Å². The van der Waals surface area contributed by atoms with Gasteiger partial charge in [-0.3, -0.25) is 9.69 Å². The highest BCUT2D eigenvalue weighted by Crippen LogP contribution is 2.23. The lowest BCUT2D eigenvalue weighted by atomic mass is 10.1. The molecule has 1 aliphatic rings. The average molecular weight is 383 g/mol. The number of aryl methyl sites for hydroxylation is 3. The zero-order chi connectivity index (χ0) is 18.8. The summed E-state index contributed by atoms with van der Waals surface area (Å²) in [5.74, 6) is 0.254. The number of benzene rings is 1. The maximum absolute atomic E-state index is 12.4. The van der Waals surface area contributed by atoms with E-state index in [0.717, 1.165) is 44.2 Å². The maximum atomic E-state index is 12.4. The Balaban J connectivity index is 1.30. The van der Waals surface area contributed by atoms with Crippen LogP contribution in [0.2, 0.25) is 0 Å². The first-order valence-electron chi connectivity index (χ1n) is 9.56. The number of H-pyrrole nitrogens is 1. The van der Waals surface area contributed by atoms with Crippen molar-refractivity contribution < 1.29 is 4.79 Å². The summed E-state index contributed by atoms with van der Waals surface area (Å²) in [5.41, 5.74) is 5.13. The summed E-state index contributed by atoms with van der Waals surface area (Å²) in [6.07, 6.45) is 3.12. The molecule has 1 saturated heterocycles. The number of carbonyl (C=O) groups is 1. The van der Waals surface area contributed by atoms with E-state index >= 15 is 0 Å². The first-order valence-corrected chi connectivity index (χ1v) is 10.4. The summed E-state index contributed by atoms with van der Waals surface area (Å²) in [7, 11) is 0. The molecule has 1 amide bonds. The van der Waals surface area contributed by atoms with Crippen LogP contribution in [0, 0.1) is 13.8 Å². The SMILES string of the molecule is Cc1[nH]c2ccc(CN3CCN(C(=O)CCc4nccs4)CC3)cc2c1C. The Kier molecular flexibility index (Phi) is 5.27. The molecule has 5 nitrogen and oxygen atoms in total. The minimum Gasteiger partial charge on any atom is -0.358 e. The van der Waals surface area contributed by atoms with Gasteiger partial charge in [-0.25, -0.2) is 4.98 Å². The fraction of sp³-hybridized carbons (Fsp3) is 0.429. The number of fused-ring (bicyclic) bond motifs is 1. The van der Waals surface area contributed by atoms with Gasteiger partial charge < -0.3 is 9.88 Å². The van der Waals surface area contributed by atoms with Crippen molar-refractivity contribution in [2.45, 2.75) is 33.2 Å². The molecule has 6 heteroatoms. The number of thiazole rings is 1. The molecule has 1 aliphatic heterocycles. The van der Waals surface area contributed by atoms with Gasteiger partial charge in [0.15, 0.2) is 0 Å². The Bertz CT molecular complexity index is 923. The molecule has 3 heterocycles. The lowest BCUT2D eigenvalue weighted by Crippen LogP contribution is -2.48. The van der Waals surface area contributed by atoms with Crippen LogP contribution in [0.5, 0.6) is 0 Å². The fourth-order valence-corrected chi connectivity index (χ4v) is 4.39. The van der Waals surface area contributed by atoms with Gasteiger partial charge in [-0.1, -0.05) is 6.07 Å². The summed E-state index contributed by atoms with van der Waals surface area (Å²) >= 11 is 1.62. The molecule has 0 unspecified atom stereocenters. The second-order valence-corrected chi connectivity index (χ2v) is 8.32. The van der Waals surface area contributed by atoms with Gasteiger partial charge in [0, 0.05) is 73.7 Å². The normalized spacial score (nSPS) is 15.6. The summed E-state index contributed by atoms with van der Waals surface area (Å²) < 4.78 is 0. The number of rotatable bonds is 5. The third-order valence-corrected chi connectivity index (χ3v) is 6.38. The van der Waals surface area contributed by atoms with Crippen molar-refractivity contribution in [3.8, 4) is 0 Å². The van der Waals surface area contributed by atoms with Crippen LogP contribution in [0.1, 0.15) is 28.2 Å². The molecule has 0 spiro atoms. The highest BCUT2D eigenvalue weighted by molar-refractivity contribution is 7.09. The smallest absolute Gasteiger partial charge is 0.223 e. The van der Waals surface area contributed by atoms with Gasteiger partial charge in [-0.2, -0.15) is 0 Å². The molecule has 4 rings (SSSR count). The minimum atomic E-state index is 0.254. The van der Waals surface area contributed by atoms with E-state index in [1.54, 1.807) is 17.5 Å². The molecule has 1 aromatic carbocycles. The fourth-order valence-electron chi connectivity index (χ4n) is 3.77. The van der Waals surface area contributed by atoms with E-state index in [1.807, 2.05) is 10.3 Å². The average Bonchev–Trinajstić information content (AvgIpc) is 3.29. The van der Waals surface area contributed by atoms with Crippen molar-refractivity contribution in [2.75, 3.05) is 26.2 Å². The van der Waals surface area contributed by atoms with E-state index in [4.69, 9.17) is 0 Å². The first kappa shape index (κ1) is 18.2. The van der Waals surface area contributed by atoms with E-state index in [9.17, 15) is 4.79 Å². The van der Waals surface area contributed by atoms with Crippen LogP contribution in [0.4, 0.5) is 0 Å². The van der Waals surface area contributed by atoms with Gasteiger partial charge >= 0.3 is 0 Å². The Morgan fingerprint density at radius 1 is 1.22 bits per heavy atom. The molecule has 0 aliphatic carbocycles. The van der Waals surface area contributed by atoms with Gasteiger partial charge in [0.2, 0.25) is 5.91 Å². The molecular weight excluding hydrogens is 356 g/mol. The molecule has 0 atom stereocenters. The van der Waals surface area contributed by atoms with Crippen molar-refractivity contribution in [3.05, 3.63) is 51.6 Å². The predicted octanol–water partition coefficient (Wildman–Crippen LogP) is 3.52. The highest BCUT2D eigenvalue weighted by atomic mass is 32.1. The van der Waals surface area contributed by atoms with Gasteiger partial charge in [-0.05, 0) is 37.1 Å². The third kappa shape index (κ3) is 4.06. The zero-order valence-electron chi connectivity index (χ0n) is 16.0. The summed E-state index contributed by atoms with van der Waals surface area (Å²) in [4.78, 5) is 24.6. The quantitative estimate of drug-likeness (QED) is 0.735. The van der Waals surface area contributed by atoms with E-state index in [1.165, 1.54) is 27.7 Å². The lowest BCUT2D eigenvalue weighted by Gasteiger charge is -2.34. The number of carbonyl (C=O) groups excluding carboxylic acids is 1. The molecule has 1 fully saturated rings. The van der Waals surface area contributed by atoms with Crippen LogP contribution in [-0.2, 0) is 17.8 Å². The van der Waals surface area contributed by atoms with Crippen LogP contribution in [0.15, 0.2) is 29.8 Å². The molecule has 0 bridgehead atoms. The lowest BCUT2D eigenvalue weighted by molar-refractivity contribution is -0.133. The number of hydrogen-bond donors (Lipinski definition) is 1. The van der Waals surface area contributed by atoms with E-state index in [2.05, 4.69) is 46.9 Å². The Labute approximate surface area is 164 Å². The van der Waals surface area contributed by atoms with E-state index < -0.39 is 0 Å². The number of aromatic nitrogens is 2. The van der Waals surface area contributed by atoms with Crippen molar-refractivity contribution in [1.82, 2.24) is 19.8 Å². The van der Waals surface area contributed by atoms with Crippen LogP contribution in [0.25, 0.3) is 10.9 Å². The number of aromatic amines is 1. The second kappa shape index (κ2) is 7.82. The highest BCUT2D eigenvalue weighted by Gasteiger charge is 2.21. The summed E-state index contributed by atoms with van der Waals surface area (Å²) in [5, 5.41) is 4.33. The maximum Gasteiger partial charge on any atom is 0.223 e. The van der Waals surface area contributed by atoms with Gasteiger partial charge in [0.25, 0.3) is 0 Å². The first-order chi connectivity index (χ1) is 13.1. The molecular formula is C21H26N4OS. The van der Waals surface area contributed by atoms with Crippen molar-refractivity contribution in [3.63, 3.8) is 0 Å². The summed E-state index contributed by atoms with van der Waals surface area (Å²) in [6, 6.07) is 6.70. The molecule has 142 valence electrons. The number of nitrogens with zero attached hydrogens (tertiary/aromatic N) is 3. The largest absolute Gasteiger partial charge is 0.358 e. The number of amides is 1. The predicted molar refractivity (Wildman–Crippen MR) is 110 cm³/mol. The third-order valence-electron chi connectivity index (χ3n) is 5.54. The molecule has 3 aromatic rings. The van der Waals surface area contributed by atoms with Crippen LogP contribution >= 0.6 is 11.3 Å². The van der Waals surface area contributed by atoms with Crippen molar-refractivity contribution in [1.29, 1.82) is 0 Å². The Hall–Kier alpha value is -2.18. The molecule has 27 heavy (non-hydrogen) atoms. The molecule has 0 saturated carbocycles. The Morgan fingerprint density at radius 2 is 2.04 bits per heavy atom. The number of nitrogens with one attached hydrogen (secondary N) is 1. The van der Waals surface area contributed by atoms with Gasteiger partial charge in [0.05, 0.1) is 5.01 Å². The standard InChI is InChI=1S/C21H26N4OS/c1-15-16(2)23-19-4-3-17(13-18(15)19)14-24-8-10-25(11-9-24)21(26)6-5-20-22-7-12-27-20/h3-4,7,12-13,23H,5-6,8-11,14H2,1-2H3. The van der Waals surface area contributed by atoms with E-state index in [0.29, 0.717) is 6.42 Å². The molecule has 1 N–H and O–H groups in total.